The van der Waals surface area contributed by atoms with Crippen molar-refractivity contribution in [1.29, 1.82) is 0 Å². The fourth-order valence-corrected chi connectivity index (χ4v) is 4.11. The first-order valence-electron chi connectivity index (χ1n) is 6.96. The van der Waals surface area contributed by atoms with E-state index in [1.807, 2.05) is 11.3 Å². The summed E-state index contributed by atoms with van der Waals surface area (Å²) in [6.07, 6.45) is 4.75. The highest BCUT2D eigenvalue weighted by atomic mass is 32.1. The summed E-state index contributed by atoms with van der Waals surface area (Å²) in [6.45, 7) is 7.80. The summed E-state index contributed by atoms with van der Waals surface area (Å²) in [5.74, 6) is 0.726. The monoisotopic (exact) mass is 267 g/mol. The van der Waals surface area contributed by atoms with E-state index in [0.29, 0.717) is 0 Å². The number of nitrogens with one attached hydrogen (secondary N) is 1. The number of hydrogen-bond donors (Lipinski definition) is 2. The van der Waals surface area contributed by atoms with Crippen LogP contribution in [0.1, 0.15) is 47.9 Å². The lowest BCUT2D eigenvalue weighted by atomic mass is 9.77. The molecule has 0 radical (unpaired) electrons. The van der Waals surface area contributed by atoms with Crippen LogP contribution in [0.2, 0.25) is 0 Å². The maximum atomic E-state index is 9.75. The van der Waals surface area contributed by atoms with Crippen molar-refractivity contribution in [2.45, 2.75) is 58.5 Å². The summed E-state index contributed by atoms with van der Waals surface area (Å²) in [6, 6.07) is 2.27. The first-order chi connectivity index (χ1) is 8.54. The van der Waals surface area contributed by atoms with Crippen molar-refractivity contribution in [2.24, 2.45) is 5.92 Å². The second kappa shape index (κ2) is 5.72. The lowest BCUT2D eigenvalue weighted by Gasteiger charge is -2.39. The SMILES string of the molecule is Cc1cc(CNC2(CO)CCCC(C)C2)c(C)s1. The Hall–Kier alpha value is -0.380. The first kappa shape index (κ1) is 14.0. The number of aryl methyl sites for hydroxylation is 2. The highest BCUT2D eigenvalue weighted by molar-refractivity contribution is 7.12. The van der Waals surface area contributed by atoms with Gasteiger partial charge < -0.3 is 10.4 Å². The van der Waals surface area contributed by atoms with E-state index in [1.54, 1.807) is 0 Å². The molecule has 1 aromatic rings. The van der Waals surface area contributed by atoms with E-state index in [-0.39, 0.29) is 12.1 Å². The third-order valence-electron chi connectivity index (χ3n) is 4.19. The number of thiophene rings is 1. The van der Waals surface area contributed by atoms with E-state index in [2.05, 4.69) is 32.2 Å². The van der Waals surface area contributed by atoms with Crippen molar-refractivity contribution >= 4 is 11.3 Å². The Labute approximate surface area is 114 Å². The van der Waals surface area contributed by atoms with E-state index in [1.165, 1.54) is 28.2 Å². The molecule has 2 atom stereocenters. The maximum absolute atomic E-state index is 9.75. The van der Waals surface area contributed by atoms with Crippen LogP contribution in [0, 0.1) is 19.8 Å². The van der Waals surface area contributed by atoms with Gasteiger partial charge in [0.1, 0.15) is 0 Å². The van der Waals surface area contributed by atoms with Crippen LogP contribution in [0.4, 0.5) is 0 Å². The summed E-state index contributed by atoms with van der Waals surface area (Å²) in [7, 11) is 0. The lowest BCUT2D eigenvalue weighted by Crippen LogP contribution is -2.51. The Balaban J connectivity index is 2.00. The summed E-state index contributed by atoms with van der Waals surface area (Å²) in [5.41, 5.74) is 1.35. The lowest BCUT2D eigenvalue weighted by molar-refractivity contribution is 0.0982. The van der Waals surface area contributed by atoms with Crippen molar-refractivity contribution in [3.63, 3.8) is 0 Å². The smallest absolute Gasteiger partial charge is 0.0613 e. The van der Waals surface area contributed by atoms with E-state index in [4.69, 9.17) is 0 Å². The minimum absolute atomic E-state index is 0.0417. The number of rotatable bonds is 4. The molecule has 3 heteroatoms. The van der Waals surface area contributed by atoms with Crippen LogP contribution >= 0.6 is 11.3 Å². The third-order valence-corrected chi connectivity index (χ3v) is 5.20. The average Bonchev–Trinajstić information content (AvgIpc) is 2.65. The molecule has 1 aliphatic rings. The van der Waals surface area contributed by atoms with Gasteiger partial charge in [0.15, 0.2) is 0 Å². The minimum Gasteiger partial charge on any atom is -0.394 e. The molecule has 0 amide bonds. The number of aliphatic hydroxyl groups is 1. The van der Waals surface area contributed by atoms with Gasteiger partial charge in [-0.1, -0.05) is 19.8 Å². The van der Waals surface area contributed by atoms with E-state index in [9.17, 15) is 5.11 Å². The zero-order valence-electron chi connectivity index (χ0n) is 11.8. The molecule has 0 aromatic carbocycles. The Bertz CT molecular complexity index is 401. The van der Waals surface area contributed by atoms with Crippen LogP contribution in [-0.4, -0.2) is 17.3 Å². The van der Waals surface area contributed by atoms with Crippen molar-refractivity contribution in [1.82, 2.24) is 5.32 Å². The standard InChI is InChI=1S/C15H25NOS/c1-11-5-4-6-15(8-11,10-17)16-9-14-7-12(2)18-13(14)3/h7,11,16-17H,4-6,8-10H2,1-3H3. The number of hydrogen-bond acceptors (Lipinski definition) is 3. The summed E-state index contributed by atoms with van der Waals surface area (Å²) >= 11 is 1.86. The summed E-state index contributed by atoms with van der Waals surface area (Å²) in [5, 5.41) is 13.4. The Morgan fingerprint density at radius 2 is 2.28 bits per heavy atom. The van der Waals surface area contributed by atoms with Gasteiger partial charge in [-0.3, -0.25) is 0 Å². The van der Waals surface area contributed by atoms with E-state index < -0.39 is 0 Å². The van der Waals surface area contributed by atoms with Crippen LogP contribution in [0.15, 0.2) is 6.07 Å². The quantitative estimate of drug-likeness (QED) is 0.876. The van der Waals surface area contributed by atoms with Gasteiger partial charge in [0.2, 0.25) is 0 Å². The molecule has 0 aliphatic heterocycles. The highest BCUT2D eigenvalue weighted by Gasteiger charge is 2.33. The third kappa shape index (κ3) is 3.14. The molecular formula is C15H25NOS. The summed E-state index contributed by atoms with van der Waals surface area (Å²) < 4.78 is 0. The molecule has 102 valence electrons. The predicted molar refractivity (Wildman–Crippen MR) is 78.1 cm³/mol. The second-order valence-electron chi connectivity index (χ2n) is 5.93. The molecule has 2 nitrogen and oxygen atoms in total. The Kier molecular flexibility index (Phi) is 4.46. The fraction of sp³-hybridized carbons (Fsp3) is 0.733. The van der Waals surface area contributed by atoms with E-state index >= 15 is 0 Å². The van der Waals surface area contributed by atoms with Gasteiger partial charge in [-0.15, -0.1) is 11.3 Å². The van der Waals surface area contributed by atoms with Crippen molar-refractivity contribution in [3.8, 4) is 0 Å². The highest BCUT2D eigenvalue weighted by Crippen LogP contribution is 2.32. The zero-order valence-corrected chi connectivity index (χ0v) is 12.6. The van der Waals surface area contributed by atoms with Gasteiger partial charge in [0, 0.05) is 21.8 Å². The predicted octanol–water partition coefficient (Wildman–Crippen LogP) is 3.40. The van der Waals surface area contributed by atoms with Crippen molar-refractivity contribution in [3.05, 3.63) is 21.4 Å². The average molecular weight is 267 g/mol. The van der Waals surface area contributed by atoms with Crippen LogP contribution < -0.4 is 5.32 Å². The second-order valence-corrected chi connectivity index (χ2v) is 7.39. The van der Waals surface area contributed by atoms with Gasteiger partial charge in [0.25, 0.3) is 0 Å². The largest absolute Gasteiger partial charge is 0.394 e. The molecule has 2 rings (SSSR count). The van der Waals surface area contributed by atoms with Crippen LogP contribution in [0.25, 0.3) is 0 Å². The molecule has 0 bridgehead atoms. The molecule has 2 unspecified atom stereocenters. The fourth-order valence-electron chi connectivity index (χ4n) is 3.16. The van der Waals surface area contributed by atoms with Crippen molar-refractivity contribution < 1.29 is 5.11 Å². The molecular weight excluding hydrogens is 242 g/mol. The Morgan fingerprint density at radius 3 is 2.83 bits per heavy atom. The van der Waals surface area contributed by atoms with Crippen LogP contribution in [-0.2, 0) is 6.54 Å². The normalized spacial score (nSPS) is 28.6. The molecule has 1 aromatic heterocycles. The van der Waals surface area contributed by atoms with Crippen molar-refractivity contribution in [2.75, 3.05) is 6.61 Å². The topological polar surface area (TPSA) is 32.3 Å². The molecule has 1 heterocycles. The van der Waals surface area contributed by atoms with E-state index in [0.717, 1.165) is 25.3 Å². The molecule has 18 heavy (non-hydrogen) atoms. The maximum Gasteiger partial charge on any atom is 0.0613 e. The van der Waals surface area contributed by atoms with Crippen LogP contribution in [0.3, 0.4) is 0 Å². The van der Waals surface area contributed by atoms with Gasteiger partial charge >= 0.3 is 0 Å². The zero-order chi connectivity index (χ0) is 13.2. The first-order valence-corrected chi connectivity index (χ1v) is 7.78. The summed E-state index contributed by atoms with van der Waals surface area (Å²) in [4.78, 5) is 2.77. The molecule has 1 aliphatic carbocycles. The van der Waals surface area contributed by atoms with Gasteiger partial charge in [-0.2, -0.15) is 0 Å². The molecule has 2 N–H and O–H groups in total. The molecule has 0 spiro atoms. The minimum atomic E-state index is -0.0417. The van der Waals surface area contributed by atoms with Crippen LogP contribution in [0.5, 0.6) is 0 Å². The van der Waals surface area contributed by atoms with Gasteiger partial charge in [0.05, 0.1) is 6.61 Å². The molecule has 1 fully saturated rings. The molecule has 1 saturated carbocycles. The number of aliphatic hydroxyl groups excluding tert-OH is 1. The molecule has 0 saturated heterocycles. The van der Waals surface area contributed by atoms with Gasteiger partial charge in [-0.05, 0) is 44.2 Å². The van der Waals surface area contributed by atoms with Gasteiger partial charge in [-0.25, -0.2) is 0 Å². The Morgan fingerprint density at radius 1 is 1.50 bits per heavy atom.